The van der Waals surface area contributed by atoms with Gasteiger partial charge < -0.3 is 5.32 Å². The molecule has 106 valence electrons. The average Bonchev–Trinajstić information content (AvgIpc) is 2.41. The van der Waals surface area contributed by atoms with E-state index >= 15 is 0 Å². The minimum absolute atomic E-state index is 0.164. The van der Waals surface area contributed by atoms with Gasteiger partial charge in [-0.25, -0.2) is 4.39 Å². The SMILES string of the molecule is CC(NCCc1ccc(Cl)cc1)c1ccc(F)cc1Br. The van der Waals surface area contributed by atoms with Gasteiger partial charge >= 0.3 is 0 Å². The van der Waals surface area contributed by atoms with Gasteiger partial charge in [0.15, 0.2) is 0 Å². The van der Waals surface area contributed by atoms with Crippen LogP contribution in [0.15, 0.2) is 46.9 Å². The number of rotatable bonds is 5. The third-order valence-corrected chi connectivity index (χ3v) is 4.15. The van der Waals surface area contributed by atoms with Crippen LogP contribution < -0.4 is 5.32 Å². The molecule has 0 aliphatic carbocycles. The van der Waals surface area contributed by atoms with Crippen LogP contribution in [0, 0.1) is 5.82 Å². The van der Waals surface area contributed by atoms with E-state index in [4.69, 9.17) is 11.6 Å². The number of hydrogen-bond acceptors (Lipinski definition) is 1. The van der Waals surface area contributed by atoms with E-state index < -0.39 is 0 Å². The Morgan fingerprint density at radius 3 is 2.55 bits per heavy atom. The molecule has 0 aliphatic heterocycles. The van der Waals surface area contributed by atoms with E-state index in [9.17, 15) is 4.39 Å². The van der Waals surface area contributed by atoms with E-state index in [1.165, 1.54) is 17.7 Å². The third-order valence-electron chi connectivity index (χ3n) is 3.21. The van der Waals surface area contributed by atoms with Crippen LogP contribution in [-0.2, 0) is 6.42 Å². The van der Waals surface area contributed by atoms with Gasteiger partial charge in [0.25, 0.3) is 0 Å². The van der Waals surface area contributed by atoms with Crippen molar-refractivity contribution in [2.24, 2.45) is 0 Å². The first-order chi connectivity index (χ1) is 9.56. The maximum absolute atomic E-state index is 13.1. The molecule has 1 atom stereocenters. The molecule has 0 spiro atoms. The second kappa shape index (κ2) is 7.21. The molecular weight excluding hydrogens is 341 g/mol. The van der Waals surface area contributed by atoms with Crippen molar-refractivity contribution in [2.75, 3.05) is 6.54 Å². The summed E-state index contributed by atoms with van der Waals surface area (Å²) >= 11 is 9.25. The summed E-state index contributed by atoms with van der Waals surface area (Å²) in [7, 11) is 0. The largest absolute Gasteiger partial charge is 0.310 e. The maximum Gasteiger partial charge on any atom is 0.124 e. The van der Waals surface area contributed by atoms with Crippen molar-refractivity contribution in [3.05, 3.63) is 68.9 Å². The van der Waals surface area contributed by atoms with Crippen molar-refractivity contribution < 1.29 is 4.39 Å². The molecule has 0 saturated carbocycles. The van der Waals surface area contributed by atoms with Crippen molar-refractivity contribution in [3.63, 3.8) is 0 Å². The fourth-order valence-corrected chi connectivity index (χ4v) is 2.87. The van der Waals surface area contributed by atoms with Crippen LogP contribution in [0.4, 0.5) is 4.39 Å². The van der Waals surface area contributed by atoms with Gasteiger partial charge in [-0.05, 0) is 55.3 Å². The molecule has 2 aromatic rings. The minimum atomic E-state index is -0.228. The van der Waals surface area contributed by atoms with Crippen molar-refractivity contribution in [3.8, 4) is 0 Å². The molecule has 1 unspecified atom stereocenters. The molecule has 0 saturated heterocycles. The molecule has 2 aromatic carbocycles. The molecule has 0 radical (unpaired) electrons. The van der Waals surface area contributed by atoms with Gasteiger partial charge in [-0.3, -0.25) is 0 Å². The van der Waals surface area contributed by atoms with Crippen molar-refractivity contribution in [1.82, 2.24) is 5.32 Å². The Kier molecular flexibility index (Phi) is 5.58. The summed E-state index contributed by atoms with van der Waals surface area (Å²) in [5.74, 6) is -0.228. The normalized spacial score (nSPS) is 12.4. The van der Waals surface area contributed by atoms with Crippen LogP contribution in [0.2, 0.25) is 5.02 Å². The second-order valence-corrected chi connectivity index (χ2v) is 6.01. The third kappa shape index (κ3) is 4.30. The van der Waals surface area contributed by atoms with Gasteiger partial charge in [0.2, 0.25) is 0 Å². The molecule has 0 aromatic heterocycles. The minimum Gasteiger partial charge on any atom is -0.310 e. The zero-order valence-electron chi connectivity index (χ0n) is 11.2. The zero-order valence-corrected chi connectivity index (χ0v) is 13.5. The lowest BCUT2D eigenvalue weighted by atomic mass is 10.1. The Morgan fingerprint density at radius 1 is 1.20 bits per heavy atom. The standard InChI is InChI=1S/C16H16BrClFN/c1-11(15-7-6-14(19)10-16(15)17)20-9-8-12-2-4-13(18)5-3-12/h2-7,10-11,20H,8-9H2,1H3. The second-order valence-electron chi connectivity index (χ2n) is 4.72. The first-order valence-corrected chi connectivity index (χ1v) is 7.66. The molecule has 2 rings (SSSR count). The number of halogens is 3. The lowest BCUT2D eigenvalue weighted by Crippen LogP contribution is -2.21. The number of nitrogens with one attached hydrogen (secondary N) is 1. The monoisotopic (exact) mass is 355 g/mol. The van der Waals surface area contributed by atoms with Crippen molar-refractivity contribution >= 4 is 27.5 Å². The van der Waals surface area contributed by atoms with Crippen LogP contribution in [0.1, 0.15) is 24.1 Å². The van der Waals surface area contributed by atoms with Gasteiger partial charge in [-0.1, -0.05) is 45.7 Å². The van der Waals surface area contributed by atoms with Gasteiger partial charge in [0, 0.05) is 15.5 Å². The Balaban J connectivity index is 1.88. The topological polar surface area (TPSA) is 12.0 Å². The Labute approximate surface area is 132 Å². The zero-order chi connectivity index (χ0) is 14.5. The summed E-state index contributed by atoms with van der Waals surface area (Å²) < 4.78 is 13.9. The highest BCUT2D eigenvalue weighted by Crippen LogP contribution is 2.24. The van der Waals surface area contributed by atoms with E-state index in [2.05, 4.69) is 28.2 Å². The van der Waals surface area contributed by atoms with Crippen LogP contribution in [0.3, 0.4) is 0 Å². The average molecular weight is 357 g/mol. The van der Waals surface area contributed by atoms with E-state index in [1.807, 2.05) is 24.3 Å². The van der Waals surface area contributed by atoms with Crippen LogP contribution in [0.5, 0.6) is 0 Å². The highest BCUT2D eigenvalue weighted by Gasteiger charge is 2.09. The molecule has 1 N–H and O–H groups in total. The molecule has 20 heavy (non-hydrogen) atoms. The van der Waals surface area contributed by atoms with Crippen LogP contribution in [-0.4, -0.2) is 6.54 Å². The lowest BCUT2D eigenvalue weighted by Gasteiger charge is -2.16. The lowest BCUT2D eigenvalue weighted by molar-refractivity contribution is 0.571. The smallest absolute Gasteiger partial charge is 0.124 e. The molecule has 0 aliphatic rings. The summed E-state index contributed by atoms with van der Waals surface area (Å²) in [4.78, 5) is 0. The predicted molar refractivity (Wildman–Crippen MR) is 85.7 cm³/mol. The summed E-state index contributed by atoms with van der Waals surface area (Å²) in [6, 6.07) is 12.8. The molecule has 0 amide bonds. The molecule has 1 nitrogen and oxygen atoms in total. The fraction of sp³-hybridized carbons (Fsp3) is 0.250. The Bertz CT molecular complexity index is 571. The van der Waals surface area contributed by atoms with Gasteiger partial charge in [0.1, 0.15) is 5.82 Å². The van der Waals surface area contributed by atoms with Gasteiger partial charge in [-0.15, -0.1) is 0 Å². The summed E-state index contributed by atoms with van der Waals surface area (Å²) in [5.41, 5.74) is 2.30. The quantitative estimate of drug-likeness (QED) is 0.782. The van der Waals surface area contributed by atoms with E-state index in [0.717, 1.165) is 28.0 Å². The van der Waals surface area contributed by atoms with Crippen LogP contribution in [0.25, 0.3) is 0 Å². The number of benzene rings is 2. The Hall–Kier alpha value is -0.900. The fourth-order valence-electron chi connectivity index (χ4n) is 2.05. The summed E-state index contributed by atoms with van der Waals surface area (Å²) in [5, 5.41) is 4.19. The van der Waals surface area contributed by atoms with Crippen LogP contribution >= 0.6 is 27.5 Å². The highest BCUT2D eigenvalue weighted by atomic mass is 79.9. The van der Waals surface area contributed by atoms with Crippen molar-refractivity contribution in [2.45, 2.75) is 19.4 Å². The summed E-state index contributed by atoms with van der Waals surface area (Å²) in [6.45, 7) is 2.92. The Morgan fingerprint density at radius 2 is 1.90 bits per heavy atom. The van der Waals surface area contributed by atoms with E-state index in [1.54, 1.807) is 6.07 Å². The van der Waals surface area contributed by atoms with Gasteiger partial charge in [-0.2, -0.15) is 0 Å². The first kappa shape index (κ1) is 15.5. The molecule has 0 heterocycles. The first-order valence-electron chi connectivity index (χ1n) is 6.49. The summed E-state index contributed by atoms with van der Waals surface area (Å²) in [6.07, 6.45) is 0.931. The maximum atomic E-state index is 13.1. The molecule has 4 heteroatoms. The van der Waals surface area contributed by atoms with Crippen molar-refractivity contribution in [1.29, 1.82) is 0 Å². The van der Waals surface area contributed by atoms with Gasteiger partial charge in [0.05, 0.1) is 0 Å². The molecular formula is C16H16BrClFN. The highest BCUT2D eigenvalue weighted by molar-refractivity contribution is 9.10. The predicted octanol–water partition coefficient (Wildman–Crippen LogP) is 5.13. The van der Waals surface area contributed by atoms with E-state index in [0.29, 0.717) is 0 Å². The molecule has 0 bridgehead atoms. The molecule has 0 fully saturated rings. The van der Waals surface area contributed by atoms with E-state index in [-0.39, 0.29) is 11.9 Å². The number of hydrogen-bond donors (Lipinski definition) is 1.